The molecule has 0 N–H and O–H groups in total. The molecule has 3 rings (SSSR count). The Hall–Kier alpha value is -1.35. The Morgan fingerprint density at radius 2 is 2.38 bits per heavy atom. The first kappa shape index (κ1) is 9.85. The summed E-state index contributed by atoms with van der Waals surface area (Å²) < 4.78 is 2.12. The van der Waals surface area contributed by atoms with Crippen LogP contribution in [0.2, 0.25) is 0 Å². The van der Waals surface area contributed by atoms with E-state index < -0.39 is 0 Å². The Morgan fingerprint density at radius 1 is 1.44 bits per heavy atom. The summed E-state index contributed by atoms with van der Waals surface area (Å²) in [5.41, 5.74) is 3.02. The van der Waals surface area contributed by atoms with Gasteiger partial charge in [0.2, 0.25) is 0 Å². The van der Waals surface area contributed by atoms with Crippen LogP contribution < -0.4 is 0 Å². The van der Waals surface area contributed by atoms with E-state index in [1.54, 1.807) is 0 Å². The summed E-state index contributed by atoms with van der Waals surface area (Å²) in [4.78, 5) is 6.95. The topological polar surface area (TPSA) is 17.8 Å². The SMILES string of the molecule is CC1=Cc2sc(Cn3ccnc3)cc2CC1. The number of thiophene rings is 1. The number of allylic oxidation sites excluding steroid dienone is 1. The first-order chi connectivity index (χ1) is 7.81. The van der Waals surface area contributed by atoms with E-state index in [1.165, 1.54) is 33.7 Å². The van der Waals surface area contributed by atoms with Gasteiger partial charge >= 0.3 is 0 Å². The van der Waals surface area contributed by atoms with Crippen LogP contribution >= 0.6 is 11.3 Å². The van der Waals surface area contributed by atoms with E-state index in [9.17, 15) is 0 Å². The van der Waals surface area contributed by atoms with Crippen molar-refractivity contribution >= 4 is 17.4 Å². The van der Waals surface area contributed by atoms with Gasteiger partial charge in [0.1, 0.15) is 0 Å². The van der Waals surface area contributed by atoms with Gasteiger partial charge in [-0.2, -0.15) is 0 Å². The quantitative estimate of drug-likeness (QED) is 0.773. The van der Waals surface area contributed by atoms with Gasteiger partial charge in [-0.05, 0) is 37.5 Å². The van der Waals surface area contributed by atoms with Gasteiger partial charge in [0, 0.05) is 22.1 Å². The minimum Gasteiger partial charge on any atom is -0.332 e. The Morgan fingerprint density at radius 3 is 3.19 bits per heavy atom. The molecule has 0 radical (unpaired) electrons. The molecule has 3 heteroatoms. The first-order valence-electron chi connectivity index (χ1n) is 5.56. The van der Waals surface area contributed by atoms with Gasteiger partial charge in [0.15, 0.2) is 0 Å². The van der Waals surface area contributed by atoms with Crippen LogP contribution in [-0.2, 0) is 13.0 Å². The molecule has 0 saturated carbocycles. The summed E-state index contributed by atoms with van der Waals surface area (Å²) >= 11 is 1.91. The molecule has 0 fully saturated rings. The largest absolute Gasteiger partial charge is 0.332 e. The lowest BCUT2D eigenvalue weighted by atomic mass is 9.99. The third kappa shape index (κ3) is 1.83. The fraction of sp³-hybridized carbons (Fsp3) is 0.308. The van der Waals surface area contributed by atoms with E-state index in [0.29, 0.717) is 0 Å². The second kappa shape index (κ2) is 3.91. The zero-order valence-corrected chi connectivity index (χ0v) is 10.1. The summed E-state index contributed by atoms with van der Waals surface area (Å²) in [6.45, 7) is 3.17. The molecule has 2 heterocycles. The predicted octanol–water partition coefficient (Wildman–Crippen LogP) is 3.34. The molecule has 0 unspecified atom stereocenters. The van der Waals surface area contributed by atoms with Gasteiger partial charge in [0.05, 0.1) is 12.9 Å². The molecule has 2 aromatic rings. The zero-order valence-electron chi connectivity index (χ0n) is 9.31. The number of rotatable bonds is 2. The maximum absolute atomic E-state index is 4.07. The molecule has 0 aliphatic heterocycles. The Kier molecular flexibility index (Phi) is 2.40. The standard InChI is InChI=1S/C13H14N2S/c1-10-2-3-11-7-12(16-13(11)6-10)8-15-5-4-14-9-15/h4-7,9H,2-3,8H2,1H3. The van der Waals surface area contributed by atoms with Crippen LogP contribution in [0.4, 0.5) is 0 Å². The van der Waals surface area contributed by atoms with Crippen molar-refractivity contribution in [1.29, 1.82) is 0 Å². The van der Waals surface area contributed by atoms with Gasteiger partial charge < -0.3 is 4.57 Å². The molecule has 0 saturated heterocycles. The number of hydrogen-bond donors (Lipinski definition) is 0. The van der Waals surface area contributed by atoms with Crippen LogP contribution in [0.25, 0.3) is 6.08 Å². The first-order valence-corrected chi connectivity index (χ1v) is 6.37. The van der Waals surface area contributed by atoms with Crippen molar-refractivity contribution in [2.24, 2.45) is 0 Å². The molecule has 0 spiro atoms. The third-order valence-corrected chi connectivity index (χ3v) is 4.07. The number of fused-ring (bicyclic) bond motifs is 1. The highest BCUT2D eigenvalue weighted by Crippen LogP contribution is 2.31. The molecule has 1 aliphatic rings. The van der Waals surface area contributed by atoms with Gasteiger partial charge in [-0.15, -0.1) is 11.3 Å². The van der Waals surface area contributed by atoms with Crippen molar-refractivity contribution in [3.05, 3.63) is 45.7 Å². The Bertz CT molecular complexity index is 520. The van der Waals surface area contributed by atoms with E-state index in [0.717, 1.165) is 6.54 Å². The fourth-order valence-electron chi connectivity index (χ4n) is 2.09. The lowest BCUT2D eigenvalue weighted by Gasteiger charge is -2.07. The Labute approximate surface area is 99.3 Å². The number of aromatic nitrogens is 2. The molecule has 0 amide bonds. The highest BCUT2D eigenvalue weighted by atomic mass is 32.1. The van der Waals surface area contributed by atoms with Crippen molar-refractivity contribution in [1.82, 2.24) is 9.55 Å². The molecular weight excluding hydrogens is 216 g/mol. The van der Waals surface area contributed by atoms with Crippen LogP contribution in [0.15, 0.2) is 30.4 Å². The molecular formula is C13H14N2S. The van der Waals surface area contributed by atoms with Gasteiger partial charge in [-0.3, -0.25) is 0 Å². The van der Waals surface area contributed by atoms with Crippen LogP contribution in [0.1, 0.15) is 28.7 Å². The molecule has 0 aromatic carbocycles. The van der Waals surface area contributed by atoms with E-state index in [1.807, 2.05) is 30.1 Å². The molecule has 2 nitrogen and oxygen atoms in total. The van der Waals surface area contributed by atoms with Crippen LogP contribution in [0.5, 0.6) is 0 Å². The number of imidazole rings is 1. The second-order valence-corrected chi connectivity index (χ2v) is 5.50. The predicted molar refractivity (Wildman–Crippen MR) is 67.6 cm³/mol. The smallest absolute Gasteiger partial charge is 0.0949 e. The summed E-state index contributed by atoms with van der Waals surface area (Å²) in [7, 11) is 0. The molecule has 0 atom stereocenters. The average molecular weight is 230 g/mol. The maximum atomic E-state index is 4.07. The molecule has 2 aromatic heterocycles. The summed E-state index contributed by atoms with van der Waals surface area (Å²) in [5.74, 6) is 0. The molecule has 82 valence electrons. The molecule has 1 aliphatic carbocycles. The number of aryl methyl sites for hydroxylation is 1. The molecule has 0 bridgehead atoms. The van der Waals surface area contributed by atoms with Crippen molar-refractivity contribution in [3.63, 3.8) is 0 Å². The van der Waals surface area contributed by atoms with Gasteiger partial charge in [-0.1, -0.05) is 5.57 Å². The van der Waals surface area contributed by atoms with E-state index in [4.69, 9.17) is 0 Å². The zero-order chi connectivity index (χ0) is 11.0. The summed E-state index contributed by atoms with van der Waals surface area (Å²) in [6.07, 6.45) is 10.5. The van der Waals surface area contributed by atoms with E-state index >= 15 is 0 Å². The highest BCUT2D eigenvalue weighted by Gasteiger charge is 2.12. The van der Waals surface area contributed by atoms with Crippen molar-refractivity contribution in [2.45, 2.75) is 26.3 Å². The minimum absolute atomic E-state index is 0.949. The normalized spacial score (nSPS) is 14.7. The fourth-order valence-corrected chi connectivity index (χ4v) is 3.33. The van der Waals surface area contributed by atoms with Crippen LogP contribution in [0.3, 0.4) is 0 Å². The van der Waals surface area contributed by atoms with Crippen molar-refractivity contribution < 1.29 is 0 Å². The van der Waals surface area contributed by atoms with Crippen molar-refractivity contribution in [2.75, 3.05) is 0 Å². The highest BCUT2D eigenvalue weighted by molar-refractivity contribution is 7.13. The Balaban J connectivity index is 1.88. The van der Waals surface area contributed by atoms with E-state index in [-0.39, 0.29) is 0 Å². The minimum atomic E-state index is 0.949. The van der Waals surface area contributed by atoms with Gasteiger partial charge in [-0.25, -0.2) is 4.98 Å². The third-order valence-electron chi connectivity index (χ3n) is 2.96. The van der Waals surface area contributed by atoms with E-state index in [2.05, 4.69) is 28.6 Å². The van der Waals surface area contributed by atoms with Crippen LogP contribution in [0, 0.1) is 0 Å². The lowest BCUT2D eigenvalue weighted by Crippen LogP contribution is -1.93. The number of hydrogen-bond acceptors (Lipinski definition) is 2. The summed E-state index contributed by atoms with van der Waals surface area (Å²) in [5, 5.41) is 0. The van der Waals surface area contributed by atoms with Gasteiger partial charge in [0.25, 0.3) is 0 Å². The summed E-state index contributed by atoms with van der Waals surface area (Å²) in [6, 6.07) is 2.35. The lowest BCUT2D eigenvalue weighted by molar-refractivity contribution is 0.808. The van der Waals surface area contributed by atoms with Crippen molar-refractivity contribution in [3.8, 4) is 0 Å². The average Bonchev–Trinajstić information content (AvgIpc) is 2.86. The van der Waals surface area contributed by atoms with Crippen LogP contribution in [-0.4, -0.2) is 9.55 Å². The monoisotopic (exact) mass is 230 g/mol. The molecule has 16 heavy (non-hydrogen) atoms. The second-order valence-electron chi connectivity index (χ2n) is 4.33. The maximum Gasteiger partial charge on any atom is 0.0949 e. The number of nitrogens with zero attached hydrogens (tertiary/aromatic N) is 2.